The van der Waals surface area contributed by atoms with Crippen LogP contribution in [0.5, 0.6) is 0 Å². The molecule has 3 fully saturated rings. The molecule has 3 saturated carbocycles. The zero-order chi connectivity index (χ0) is 18.4. The minimum absolute atomic E-state index is 0.0799. The maximum absolute atomic E-state index is 10.2. The highest BCUT2D eigenvalue weighted by molar-refractivity contribution is 5.38. The summed E-state index contributed by atoms with van der Waals surface area (Å²) in [6.45, 7) is 7.69. The van der Waals surface area contributed by atoms with Crippen molar-refractivity contribution >= 4 is 0 Å². The highest BCUT2D eigenvalue weighted by Crippen LogP contribution is 2.59. The Balaban J connectivity index is 1.85. The van der Waals surface area contributed by atoms with E-state index in [9.17, 15) is 20.4 Å². The molecule has 0 aromatic rings. The Morgan fingerprint density at radius 1 is 1.20 bits per heavy atom. The van der Waals surface area contributed by atoms with Crippen LogP contribution in [0, 0.1) is 17.3 Å². The molecule has 25 heavy (non-hydrogen) atoms. The number of rotatable bonds is 2. The Hall–Kier alpha value is -0.940. The van der Waals surface area contributed by atoms with Gasteiger partial charge in [0.25, 0.3) is 0 Å². The van der Waals surface area contributed by atoms with Crippen LogP contribution in [0.4, 0.5) is 0 Å². The minimum atomic E-state index is -1.63. The zero-order valence-electron chi connectivity index (χ0n) is 15.4. The second-order valence-corrected chi connectivity index (χ2v) is 8.70. The van der Waals surface area contributed by atoms with E-state index >= 15 is 0 Å². The first-order valence-electron chi connectivity index (χ1n) is 9.52. The van der Waals surface area contributed by atoms with Crippen molar-refractivity contribution in [1.29, 1.82) is 0 Å². The lowest BCUT2D eigenvalue weighted by atomic mass is 9.62. The topological polar surface area (TPSA) is 80.9 Å². The van der Waals surface area contributed by atoms with Crippen molar-refractivity contribution in [1.82, 2.24) is 0 Å². The molecule has 4 nitrogen and oxygen atoms in total. The normalized spacial score (nSPS) is 42.9. The maximum atomic E-state index is 10.2. The second-order valence-electron chi connectivity index (χ2n) is 8.70. The fourth-order valence-corrected chi connectivity index (χ4v) is 5.60. The van der Waals surface area contributed by atoms with E-state index in [-0.39, 0.29) is 11.3 Å². The van der Waals surface area contributed by atoms with Gasteiger partial charge in [-0.25, -0.2) is 0 Å². The summed E-state index contributed by atoms with van der Waals surface area (Å²) < 4.78 is 0. The molecule has 0 amide bonds. The predicted molar refractivity (Wildman–Crippen MR) is 97.6 cm³/mol. The third kappa shape index (κ3) is 3.50. The van der Waals surface area contributed by atoms with Crippen LogP contribution in [0.25, 0.3) is 0 Å². The molecular weight excluding hydrogens is 316 g/mol. The molecule has 3 aliphatic carbocycles. The van der Waals surface area contributed by atoms with E-state index in [2.05, 4.69) is 19.6 Å². The van der Waals surface area contributed by atoms with Crippen LogP contribution in [0.3, 0.4) is 0 Å². The monoisotopic (exact) mass is 348 g/mol. The fourth-order valence-electron chi connectivity index (χ4n) is 5.60. The lowest BCUT2D eigenvalue weighted by molar-refractivity contribution is -0.210. The Morgan fingerprint density at radius 3 is 2.60 bits per heavy atom. The molecule has 0 heterocycles. The van der Waals surface area contributed by atoms with Crippen molar-refractivity contribution in [2.24, 2.45) is 17.3 Å². The zero-order valence-corrected chi connectivity index (χ0v) is 15.4. The number of hydrogen-bond donors (Lipinski definition) is 4. The van der Waals surface area contributed by atoms with Crippen LogP contribution in [0.2, 0.25) is 0 Å². The summed E-state index contributed by atoms with van der Waals surface area (Å²) in [5.74, 6) is -1.36. The van der Waals surface area contributed by atoms with Crippen molar-refractivity contribution in [3.05, 3.63) is 35.5 Å². The van der Waals surface area contributed by atoms with E-state index in [1.54, 1.807) is 0 Å². The summed E-state index contributed by atoms with van der Waals surface area (Å²) in [7, 11) is 0. The lowest BCUT2D eigenvalue weighted by Crippen LogP contribution is -2.45. The van der Waals surface area contributed by atoms with Gasteiger partial charge in [0.05, 0.1) is 12.2 Å². The number of fused-ring (bicyclic) bond motifs is 1. The van der Waals surface area contributed by atoms with E-state index in [4.69, 9.17) is 0 Å². The first-order chi connectivity index (χ1) is 11.6. The molecule has 0 unspecified atom stereocenters. The Morgan fingerprint density at radius 2 is 1.92 bits per heavy atom. The van der Waals surface area contributed by atoms with Crippen LogP contribution in [-0.4, -0.2) is 38.4 Å². The van der Waals surface area contributed by atoms with Crippen molar-refractivity contribution < 1.29 is 20.4 Å². The van der Waals surface area contributed by atoms with Crippen molar-refractivity contribution in [2.75, 3.05) is 0 Å². The standard InChI is InChI=1S/C21H32O4/c1-13-15(11-16(22)12-18(13)23)7-6-14-5-4-10-20(2)17(14)8-9-19(20)21(3,24)25/h6-7,16-19,22-25H,1,4-5,8-12H2,2-3H3/t16-,17+,18+,19+,20+/m1/s1. The van der Waals surface area contributed by atoms with Gasteiger partial charge in [0.1, 0.15) is 0 Å². The summed E-state index contributed by atoms with van der Waals surface area (Å²) >= 11 is 0. The van der Waals surface area contributed by atoms with E-state index < -0.39 is 18.0 Å². The number of allylic oxidation sites excluding steroid dienone is 3. The van der Waals surface area contributed by atoms with Crippen LogP contribution in [0.1, 0.15) is 58.8 Å². The first-order valence-corrected chi connectivity index (χ1v) is 9.52. The fraction of sp³-hybridized carbons (Fsp3) is 0.714. The smallest absolute Gasteiger partial charge is 0.163 e. The van der Waals surface area contributed by atoms with Gasteiger partial charge in [-0.15, -0.1) is 0 Å². The van der Waals surface area contributed by atoms with Crippen molar-refractivity contribution in [3.63, 3.8) is 0 Å². The number of aliphatic hydroxyl groups excluding tert-OH is 2. The molecule has 4 heteroatoms. The van der Waals surface area contributed by atoms with Crippen LogP contribution < -0.4 is 0 Å². The molecule has 0 bridgehead atoms. The van der Waals surface area contributed by atoms with Gasteiger partial charge >= 0.3 is 0 Å². The summed E-state index contributed by atoms with van der Waals surface area (Å²) in [5, 5.41) is 40.3. The SMILES string of the molecule is C=C1C(=CC=C2CCC[C@]3(C)[C@@H](C(C)(O)O)CC[C@@H]23)C[C@@H](O)C[C@@H]1O. The molecule has 3 aliphatic rings. The largest absolute Gasteiger partial charge is 0.393 e. The van der Waals surface area contributed by atoms with Gasteiger partial charge in [-0.3, -0.25) is 0 Å². The molecule has 0 radical (unpaired) electrons. The predicted octanol–water partition coefficient (Wildman–Crippen LogP) is 2.83. The van der Waals surface area contributed by atoms with Gasteiger partial charge in [-0.05, 0) is 67.9 Å². The Kier molecular flexibility index (Phi) is 5.02. The quantitative estimate of drug-likeness (QED) is 0.579. The van der Waals surface area contributed by atoms with Gasteiger partial charge in [0.15, 0.2) is 5.79 Å². The lowest BCUT2D eigenvalue weighted by Gasteiger charge is -2.45. The van der Waals surface area contributed by atoms with E-state index in [0.717, 1.165) is 37.7 Å². The third-order valence-electron chi connectivity index (χ3n) is 6.89. The van der Waals surface area contributed by atoms with Gasteiger partial charge in [0, 0.05) is 12.3 Å². The highest BCUT2D eigenvalue weighted by atomic mass is 16.5. The molecule has 0 aromatic carbocycles. The Labute approximate surface area is 150 Å². The maximum Gasteiger partial charge on any atom is 0.163 e. The van der Waals surface area contributed by atoms with E-state index in [1.165, 1.54) is 12.5 Å². The summed E-state index contributed by atoms with van der Waals surface area (Å²) in [5.41, 5.74) is 2.91. The van der Waals surface area contributed by atoms with E-state index in [1.807, 2.05) is 6.08 Å². The van der Waals surface area contributed by atoms with E-state index in [0.29, 0.717) is 24.3 Å². The highest BCUT2D eigenvalue weighted by Gasteiger charge is 2.54. The summed E-state index contributed by atoms with van der Waals surface area (Å²) in [6.07, 6.45) is 8.81. The van der Waals surface area contributed by atoms with Crippen LogP contribution in [0.15, 0.2) is 35.5 Å². The number of aliphatic hydroxyl groups is 4. The summed E-state index contributed by atoms with van der Waals surface area (Å²) in [6, 6.07) is 0. The molecule has 0 aromatic heterocycles. The van der Waals surface area contributed by atoms with Crippen LogP contribution >= 0.6 is 0 Å². The van der Waals surface area contributed by atoms with Gasteiger partial charge < -0.3 is 20.4 Å². The Bertz CT molecular complexity index is 598. The van der Waals surface area contributed by atoms with Gasteiger partial charge in [-0.1, -0.05) is 31.2 Å². The van der Waals surface area contributed by atoms with Gasteiger partial charge in [0.2, 0.25) is 0 Å². The number of hydrogen-bond acceptors (Lipinski definition) is 4. The van der Waals surface area contributed by atoms with Crippen molar-refractivity contribution in [2.45, 2.75) is 76.8 Å². The van der Waals surface area contributed by atoms with Gasteiger partial charge in [-0.2, -0.15) is 0 Å². The minimum Gasteiger partial charge on any atom is -0.393 e. The molecule has 0 aliphatic heterocycles. The second kappa shape index (κ2) is 6.66. The van der Waals surface area contributed by atoms with Crippen molar-refractivity contribution in [3.8, 4) is 0 Å². The molecule has 3 rings (SSSR count). The molecule has 4 N–H and O–H groups in total. The first kappa shape index (κ1) is 18.8. The molecule has 0 saturated heterocycles. The van der Waals surface area contributed by atoms with Crippen LogP contribution in [-0.2, 0) is 0 Å². The summed E-state index contributed by atoms with van der Waals surface area (Å²) in [4.78, 5) is 0. The molecular formula is C21H32O4. The molecule has 0 spiro atoms. The molecule has 140 valence electrons. The molecule has 5 atom stereocenters. The average Bonchev–Trinajstić information content (AvgIpc) is 2.87. The third-order valence-corrected chi connectivity index (χ3v) is 6.89. The average molecular weight is 348 g/mol.